The molecule has 0 aliphatic heterocycles. The predicted octanol–water partition coefficient (Wildman–Crippen LogP) is 1.89. The van der Waals surface area contributed by atoms with Crippen LogP contribution in [-0.2, 0) is 0 Å². The molecule has 1 N–H and O–H groups in total. The van der Waals surface area contributed by atoms with Crippen LogP contribution in [0.3, 0.4) is 0 Å². The van der Waals surface area contributed by atoms with Crippen molar-refractivity contribution in [1.82, 2.24) is 5.32 Å². The molecule has 0 aromatic rings. The molecule has 0 aliphatic carbocycles. The quantitative estimate of drug-likeness (QED) is 0.455. The molecule has 0 unspecified atom stereocenters. The Hall–Kier alpha value is -0.550. The Bertz CT molecular complexity index is 102. The fourth-order valence-corrected chi connectivity index (χ4v) is 0.770. The van der Waals surface area contributed by atoms with Crippen LogP contribution in [0, 0.1) is 12.5 Å². The molecule has 58 valence electrons. The number of nitrogens with one attached hydrogen (secondary N) is 1. The first-order valence-electron chi connectivity index (χ1n) is 3.81. The van der Waals surface area contributed by atoms with Gasteiger partial charge in [-0.15, -0.1) is 0 Å². The molecule has 0 saturated heterocycles. The summed E-state index contributed by atoms with van der Waals surface area (Å²) in [5.74, 6) is 0.787. The normalized spacial score (nSPS) is 9.80. The molecular formula is C8H16N2. The van der Waals surface area contributed by atoms with Crippen LogP contribution in [0.15, 0.2) is 0 Å². The summed E-state index contributed by atoms with van der Waals surface area (Å²) >= 11 is 0. The summed E-state index contributed by atoms with van der Waals surface area (Å²) < 4.78 is 0. The molecule has 0 atom stereocenters. The van der Waals surface area contributed by atoms with E-state index in [1.54, 1.807) is 0 Å². The van der Waals surface area contributed by atoms with Gasteiger partial charge in [0.15, 0.2) is 0 Å². The Morgan fingerprint density at radius 3 is 2.70 bits per heavy atom. The molecule has 0 aromatic heterocycles. The molecule has 0 rings (SSSR count). The summed E-state index contributed by atoms with van der Waals surface area (Å²) in [6.07, 6.45) is 2.44. The first kappa shape index (κ1) is 9.45. The maximum Gasteiger partial charge on any atom is 0.268 e. The van der Waals surface area contributed by atoms with Gasteiger partial charge in [-0.1, -0.05) is 13.8 Å². The topological polar surface area (TPSA) is 16.4 Å². The van der Waals surface area contributed by atoms with E-state index in [9.17, 15) is 0 Å². The minimum absolute atomic E-state index is 0.470. The standard InChI is InChI=1S/C8H16N2/c1-8(2)5-4-6-10-7-9-3/h8,10H,4-7H2,1-2H3. The van der Waals surface area contributed by atoms with Gasteiger partial charge in [0.25, 0.3) is 6.67 Å². The van der Waals surface area contributed by atoms with Gasteiger partial charge in [-0.3, -0.25) is 10.2 Å². The zero-order valence-electron chi connectivity index (χ0n) is 6.85. The number of rotatable bonds is 5. The molecule has 0 bridgehead atoms. The van der Waals surface area contributed by atoms with E-state index in [0.29, 0.717) is 6.67 Å². The lowest BCUT2D eigenvalue weighted by molar-refractivity contribution is 0.537. The Morgan fingerprint density at radius 2 is 2.20 bits per heavy atom. The molecule has 10 heavy (non-hydrogen) atoms. The number of hydrogen-bond acceptors (Lipinski definition) is 1. The Balaban J connectivity index is 2.86. The van der Waals surface area contributed by atoms with E-state index in [0.717, 1.165) is 12.5 Å². The molecule has 0 spiro atoms. The van der Waals surface area contributed by atoms with Crippen molar-refractivity contribution in [1.29, 1.82) is 0 Å². The van der Waals surface area contributed by atoms with E-state index in [4.69, 9.17) is 6.57 Å². The molecule has 0 aromatic carbocycles. The molecule has 0 heterocycles. The van der Waals surface area contributed by atoms with Crippen molar-refractivity contribution < 1.29 is 0 Å². The molecule has 0 amide bonds. The van der Waals surface area contributed by atoms with Crippen LogP contribution in [0.2, 0.25) is 0 Å². The Kier molecular flexibility index (Phi) is 6.21. The van der Waals surface area contributed by atoms with Gasteiger partial charge in [0.05, 0.1) is 0 Å². The Labute approximate surface area is 63.4 Å². The van der Waals surface area contributed by atoms with Crippen molar-refractivity contribution >= 4 is 0 Å². The van der Waals surface area contributed by atoms with Crippen LogP contribution in [-0.4, -0.2) is 13.2 Å². The highest BCUT2D eigenvalue weighted by Gasteiger charge is 1.92. The lowest BCUT2D eigenvalue weighted by atomic mass is 10.1. The van der Waals surface area contributed by atoms with Gasteiger partial charge < -0.3 is 0 Å². The zero-order valence-corrected chi connectivity index (χ0v) is 6.85. The second kappa shape index (κ2) is 6.57. The summed E-state index contributed by atoms with van der Waals surface area (Å²) in [5, 5.41) is 3.04. The molecule has 2 heteroatoms. The van der Waals surface area contributed by atoms with Crippen LogP contribution in [0.4, 0.5) is 0 Å². The molecule has 0 radical (unpaired) electrons. The third-order valence-electron chi connectivity index (χ3n) is 1.33. The van der Waals surface area contributed by atoms with Crippen LogP contribution in [0.25, 0.3) is 4.85 Å². The van der Waals surface area contributed by atoms with Gasteiger partial charge in [-0.2, -0.15) is 0 Å². The van der Waals surface area contributed by atoms with Crippen molar-refractivity contribution in [2.75, 3.05) is 13.2 Å². The second-order valence-corrected chi connectivity index (χ2v) is 2.85. The van der Waals surface area contributed by atoms with Gasteiger partial charge in [0.1, 0.15) is 0 Å². The Morgan fingerprint density at radius 1 is 1.50 bits per heavy atom. The third kappa shape index (κ3) is 7.45. The first-order chi connectivity index (χ1) is 4.77. The van der Waals surface area contributed by atoms with E-state index in [-0.39, 0.29) is 0 Å². The van der Waals surface area contributed by atoms with E-state index in [1.165, 1.54) is 12.8 Å². The minimum Gasteiger partial charge on any atom is -0.300 e. The smallest absolute Gasteiger partial charge is 0.268 e. The average molecular weight is 140 g/mol. The lowest BCUT2D eigenvalue weighted by Crippen LogP contribution is -2.14. The summed E-state index contributed by atoms with van der Waals surface area (Å²) in [6, 6.07) is 0. The fraction of sp³-hybridized carbons (Fsp3) is 0.875. The first-order valence-corrected chi connectivity index (χ1v) is 3.81. The van der Waals surface area contributed by atoms with Crippen molar-refractivity contribution in [3.63, 3.8) is 0 Å². The lowest BCUT2D eigenvalue weighted by Gasteiger charge is -2.01. The van der Waals surface area contributed by atoms with Crippen molar-refractivity contribution in [3.05, 3.63) is 11.4 Å². The summed E-state index contributed by atoms with van der Waals surface area (Å²) in [6.45, 7) is 12.4. The van der Waals surface area contributed by atoms with Crippen LogP contribution >= 0.6 is 0 Å². The maximum atomic E-state index is 6.49. The van der Waals surface area contributed by atoms with Crippen molar-refractivity contribution in [2.45, 2.75) is 26.7 Å². The summed E-state index contributed by atoms with van der Waals surface area (Å²) in [5.41, 5.74) is 0. The highest BCUT2D eigenvalue weighted by Crippen LogP contribution is 2.01. The molecule has 0 aliphatic rings. The fourth-order valence-electron chi connectivity index (χ4n) is 0.770. The van der Waals surface area contributed by atoms with Gasteiger partial charge in [0, 0.05) is 6.54 Å². The van der Waals surface area contributed by atoms with E-state index >= 15 is 0 Å². The van der Waals surface area contributed by atoms with E-state index < -0.39 is 0 Å². The van der Waals surface area contributed by atoms with Crippen molar-refractivity contribution in [2.24, 2.45) is 5.92 Å². The van der Waals surface area contributed by atoms with E-state index in [1.807, 2.05) is 0 Å². The molecular weight excluding hydrogens is 124 g/mol. The SMILES string of the molecule is [C-]#[N+]CNCCCC(C)C. The van der Waals surface area contributed by atoms with Gasteiger partial charge in [0.2, 0.25) is 0 Å². The van der Waals surface area contributed by atoms with E-state index in [2.05, 4.69) is 24.0 Å². The number of hydrogen-bond donors (Lipinski definition) is 1. The second-order valence-electron chi connectivity index (χ2n) is 2.85. The minimum atomic E-state index is 0.470. The third-order valence-corrected chi connectivity index (χ3v) is 1.33. The predicted molar refractivity (Wildman–Crippen MR) is 43.5 cm³/mol. The highest BCUT2D eigenvalue weighted by atomic mass is 15.0. The zero-order chi connectivity index (χ0) is 7.82. The molecule has 2 nitrogen and oxygen atoms in total. The summed E-state index contributed by atoms with van der Waals surface area (Å²) in [7, 11) is 0. The van der Waals surface area contributed by atoms with Crippen LogP contribution in [0.5, 0.6) is 0 Å². The van der Waals surface area contributed by atoms with Crippen LogP contribution in [0.1, 0.15) is 26.7 Å². The maximum absolute atomic E-state index is 6.49. The highest BCUT2D eigenvalue weighted by molar-refractivity contribution is 4.56. The molecule has 0 saturated carbocycles. The van der Waals surface area contributed by atoms with Gasteiger partial charge in [-0.05, 0) is 18.8 Å². The van der Waals surface area contributed by atoms with Gasteiger partial charge >= 0.3 is 0 Å². The monoisotopic (exact) mass is 140 g/mol. The largest absolute Gasteiger partial charge is 0.300 e. The molecule has 0 fully saturated rings. The average Bonchev–Trinajstić information content (AvgIpc) is 1.87. The van der Waals surface area contributed by atoms with Crippen LogP contribution < -0.4 is 5.32 Å². The van der Waals surface area contributed by atoms with Gasteiger partial charge in [-0.25, -0.2) is 6.57 Å². The summed E-state index contributed by atoms with van der Waals surface area (Å²) in [4.78, 5) is 3.19. The number of nitrogens with zero attached hydrogens (tertiary/aromatic N) is 1. The van der Waals surface area contributed by atoms with Crippen molar-refractivity contribution in [3.8, 4) is 0 Å².